The summed E-state index contributed by atoms with van der Waals surface area (Å²) in [6.45, 7) is 0. The van der Waals surface area contributed by atoms with E-state index < -0.39 is 16.0 Å². The van der Waals surface area contributed by atoms with Crippen LogP contribution in [0.1, 0.15) is 16.1 Å². The van der Waals surface area contributed by atoms with Gasteiger partial charge >= 0.3 is 5.97 Å². The third kappa shape index (κ3) is 3.49. The smallest absolute Gasteiger partial charge is 0.357 e. The van der Waals surface area contributed by atoms with Crippen LogP contribution in [0.4, 0.5) is 11.6 Å². The number of esters is 1. The van der Waals surface area contributed by atoms with E-state index in [2.05, 4.69) is 14.7 Å². The van der Waals surface area contributed by atoms with Crippen molar-refractivity contribution in [2.24, 2.45) is 0 Å². The highest BCUT2D eigenvalue weighted by Gasteiger charge is 2.22. The van der Waals surface area contributed by atoms with Gasteiger partial charge in [-0.15, -0.1) is 0 Å². The van der Waals surface area contributed by atoms with Crippen LogP contribution in [0.3, 0.4) is 0 Å². The highest BCUT2D eigenvalue weighted by atomic mass is 32.2. The second-order valence-electron chi connectivity index (χ2n) is 5.45. The number of hydrogen-bond acceptors (Lipinski definition) is 8. The van der Waals surface area contributed by atoms with Crippen molar-refractivity contribution in [3.05, 3.63) is 60.2 Å². The summed E-state index contributed by atoms with van der Waals surface area (Å²) in [7, 11) is -2.71. The van der Waals surface area contributed by atoms with Crippen LogP contribution in [0, 0.1) is 11.3 Å². The molecule has 0 spiro atoms. The molecule has 0 unspecified atom stereocenters. The highest BCUT2D eigenvalue weighted by molar-refractivity contribution is 7.92. The average Bonchev–Trinajstić information content (AvgIpc) is 3.04. The molecule has 0 atom stereocenters. The van der Waals surface area contributed by atoms with Crippen LogP contribution in [-0.4, -0.2) is 36.0 Å². The monoisotopic (exact) mass is 398 g/mol. The number of aromatic nitrogens is 3. The number of benzene rings is 1. The number of nitrogen functional groups attached to an aromatic ring is 1. The van der Waals surface area contributed by atoms with Crippen molar-refractivity contribution < 1.29 is 17.9 Å². The van der Waals surface area contributed by atoms with Crippen molar-refractivity contribution in [2.75, 3.05) is 17.6 Å². The van der Waals surface area contributed by atoms with E-state index in [1.807, 2.05) is 6.07 Å². The summed E-state index contributed by atoms with van der Waals surface area (Å²) in [5, 5.41) is 9.15. The average molecular weight is 398 g/mol. The molecular formula is C17H14N6O4S. The second kappa shape index (κ2) is 7.37. The Hall–Kier alpha value is -3.91. The zero-order chi connectivity index (χ0) is 20.3. The number of anilines is 2. The normalized spacial score (nSPS) is 10.9. The topological polar surface area (TPSA) is 153 Å². The molecule has 0 aliphatic rings. The lowest BCUT2D eigenvalue weighted by atomic mass is 10.2. The van der Waals surface area contributed by atoms with E-state index in [-0.39, 0.29) is 27.8 Å². The van der Waals surface area contributed by atoms with Gasteiger partial charge in [-0.2, -0.15) is 5.26 Å². The van der Waals surface area contributed by atoms with E-state index in [0.717, 1.165) is 0 Å². The molecule has 0 radical (unpaired) electrons. The molecule has 0 saturated carbocycles. The molecule has 0 bridgehead atoms. The number of sulfonamides is 1. The van der Waals surface area contributed by atoms with E-state index in [4.69, 9.17) is 15.7 Å². The Bertz CT molecular complexity index is 1160. The van der Waals surface area contributed by atoms with Crippen LogP contribution in [0.15, 0.2) is 53.8 Å². The number of hydrogen-bond donors (Lipinski definition) is 2. The van der Waals surface area contributed by atoms with Gasteiger partial charge in [0.05, 0.1) is 23.3 Å². The predicted octanol–water partition coefficient (Wildman–Crippen LogP) is 1.31. The van der Waals surface area contributed by atoms with Gasteiger partial charge in [0.1, 0.15) is 6.07 Å². The van der Waals surface area contributed by atoms with Crippen LogP contribution in [0.2, 0.25) is 0 Å². The fraction of sp³-hybridized carbons (Fsp3) is 0.0588. The summed E-state index contributed by atoms with van der Waals surface area (Å²) >= 11 is 0. The molecule has 2 aromatic heterocycles. The Morgan fingerprint density at radius 3 is 2.46 bits per heavy atom. The van der Waals surface area contributed by atoms with Crippen LogP contribution >= 0.6 is 0 Å². The minimum Gasteiger partial charge on any atom is -0.464 e. The van der Waals surface area contributed by atoms with E-state index in [1.165, 1.54) is 54.5 Å². The summed E-state index contributed by atoms with van der Waals surface area (Å²) in [6, 6.07) is 9.06. The molecule has 3 N–H and O–H groups in total. The number of carbonyl (C=O) groups excluding carboxylic acids is 1. The van der Waals surface area contributed by atoms with Crippen LogP contribution in [-0.2, 0) is 14.8 Å². The molecule has 142 valence electrons. The first-order chi connectivity index (χ1) is 13.4. The fourth-order valence-corrected chi connectivity index (χ4v) is 3.39. The summed E-state index contributed by atoms with van der Waals surface area (Å²) in [6.07, 6.45) is 4.19. The number of ether oxygens (including phenoxy) is 1. The van der Waals surface area contributed by atoms with Crippen molar-refractivity contribution in [1.82, 2.24) is 14.5 Å². The summed E-state index contributed by atoms with van der Waals surface area (Å²) in [4.78, 5) is 19.6. The molecule has 2 heterocycles. The van der Waals surface area contributed by atoms with Crippen LogP contribution < -0.4 is 10.5 Å². The van der Waals surface area contributed by atoms with E-state index in [1.54, 1.807) is 6.07 Å². The molecule has 0 amide bonds. The minimum absolute atomic E-state index is 0.0195. The molecule has 0 saturated heterocycles. The van der Waals surface area contributed by atoms with Gasteiger partial charge in [-0.25, -0.2) is 27.9 Å². The van der Waals surface area contributed by atoms with E-state index in [0.29, 0.717) is 5.69 Å². The Morgan fingerprint density at radius 2 is 1.89 bits per heavy atom. The molecule has 11 heteroatoms. The lowest BCUT2D eigenvalue weighted by molar-refractivity contribution is 0.0593. The predicted molar refractivity (Wildman–Crippen MR) is 99.1 cm³/mol. The fourth-order valence-electron chi connectivity index (χ4n) is 2.44. The SMILES string of the molecule is COC(=O)c1c(N)c(C#N)cn1-c1ccc(S(=O)(=O)Nc2ncccn2)cc1. The van der Waals surface area contributed by atoms with Crippen LogP contribution in [0.5, 0.6) is 0 Å². The second-order valence-corrected chi connectivity index (χ2v) is 7.13. The van der Waals surface area contributed by atoms with Crippen molar-refractivity contribution in [2.45, 2.75) is 4.90 Å². The third-order valence-electron chi connectivity index (χ3n) is 3.76. The lowest BCUT2D eigenvalue weighted by Gasteiger charge is -2.10. The van der Waals surface area contributed by atoms with Gasteiger partial charge in [0.2, 0.25) is 5.95 Å². The van der Waals surface area contributed by atoms with Gasteiger partial charge in [-0.3, -0.25) is 0 Å². The van der Waals surface area contributed by atoms with Crippen molar-refractivity contribution in [3.8, 4) is 11.8 Å². The molecule has 1 aromatic carbocycles. The number of rotatable bonds is 5. The van der Waals surface area contributed by atoms with Crippen molar-refractivity contribution in [3.63, 3.8) is 0 Å². The first-order valence-electron chi connectivity index (χ1n) is 7.77. The zero-order valence-corrected chi connectivity index (χ0v) is 15.3. The zero-order valence-electron chi connectivity index (χ0n) is 14.5. The standard InChI is InChI=1S/C17H14N6O4S/c1-27-16(24)15-14(19)11(9-18)10-23(15)12-3-5-13(6-4-12)28(25,26)22-17-20-7-2-8-21-17/h2-8,10H,19H2,1H3,(H,20,21,22). The largest absolute Gasteiger partial charge is 0.464 e. The molecule has 3 rings (SSSR count). The molecule has 3 aromatic rings. The summed E-state index contributed by atoms with van der Waals surface area (Å²) in [5.41, 5.74) is 6.32. The number of nitriles is 1. The van der Waals surface area contributed by atoms with Gasteiger partial charge in [0, 0.05) is 24.3 Å². The molecular weight excluding hydrogens is 384 g/mol. The molecule has 0 fully saturated rings. The number of nitrogens with zero attached hydrogens (tertiary/aromatic N) is 4. The highest BCUT2D eigenvalue weighted by Crippen LogP contribution is 2.25. The maximum absolute atomic E-state index is 12.4. The van der Waals surface area contributed by atoms with Gasteiger partial charge in [0.15, 0.2) is 5.69 Å². The first-order valence-corrected chi connectivity index (χ1v) is 9.25. The van der Waals surface area contributed by atoms with Gasteiger partial charge < -0.3 is 15.0 Å². The Balaban J connectivity index is 1.98. The number of nitrogens with two attached hydrogens (primary N) is 1. The Morgan fingerprint density at radius 1 is 1.25 bits per heavy atom. The van der Waals surface area contributed by atoms with Crippen molar-refractivity contribution >= 4 is 27.6 Å². The minimum atomic E-state index is -3.90. The van der Waals surface area contributed by atoms with E-state index in [9.17, 15) is 13.2 Å². The summed E-state index contributed by atoms with van der Waals surface area (Å²) in [5.74, 6) is -0.782. The maximum atomic E-state index is 12.4. The quantitative estimate of drug-likeness (QED) is 0.610. The summed E-state index contributed by atoms with van der Waals surface area (Å²) < 4.78 is 33.2. The Kier molecular flexibility index (Phi) is 4.97. The van der Waals surface area contributed by atoms with Crippen LogP contribution in [0.25, 0.3) is 5.69 Å². The number of carbonyl (C=O) groups is 1. The maximum Gasteiger partial charge on any atom is 0.357 e. The van der Waals surface area contributed by atoms with E-state index >= 15 is 0 Å². The molecule has 28 heavy (non-hydrogen) atoms. The lowest BCUT2D eigenvalue weighted by Crippen LogP contribution is -2.15. The van der Waals surface area contributed by atoms with Gasteiger partial charge in [0.25, 0.3) is 10.0 Å². The molecule has 0 aliphatic carbocycles. The first kappa shape index (κ1) is 18.9. The molecule has 10 nitrogen and oxygen atoms in total. The number of nitrogens with one attached hydrogen (secondary N) is 1. The number of methoxy groups -OCH3 is 1. The third-order valence-corrected chi connectivity index (χ3v) is 5.10. The van der Waals surface area contributed by atoms with Gasteiger partial charge in [-0.1, -0.05) is 0 Å². The molecule has 0 aliphatic heterocycles. The Labute approximate surface area is 160 Å². The van der Waals surface area contributed by atoms with Crippen molar-refractivity contribution in [1.29, 1.82) is 5.26 Å². The van der Waals surface area contributed by atoms with Gasteiger partial charge in [-0.05, 0) is 30.3 Å².